The number of aryl methyl sites for hydroxylation is 1. The number of nitrogens with zero attached hydrogens (tertiary/aromatic N) is 6. The van der Waals surface area contributed by atoms with Gasteiger partial charge in [-0.05, 0) is 63.4 Å². The number of carbonyl (C=O) groups excluding carboxylic acids is 1. The fourth-order valence-corrected chi connectivity index (χ4v) is 4.90. The van der Waals surface area contributed by atoms with E-state index in [0.717, 1.165) is 50.5 Å². The van der Waals surface area contributed by atoms with E-state index in [1.807, 2.05) is 12.1 Å². The molecular weight excluding hydrogens is 402 g/mol. The summed E-state index contributed by atoms with van der Waals surface area (Å²) in [5.74, 6) is 1.15. The van der Waals surface area contributed by atoms with Gasteiger partial charge in [0.2, 0.25) is 5.91 Å². The summed E-state index contributed by atoms with van der Waals surface area (Å²) in [7, 11) is 0. The average molecular weight is 434 g/mol. The maximum atomic E-state index is 13.0. The number of fused-ring (bicyclic) bond motifs is 1. The van der Waals surface area contributed by atoms with Crippen LogP contribution in [0.4, 0.5) is 5.82 Å². The van der Waals surface area contributed by atoms with E-state index in [2.05, 4.69) is 61.6 Å². The Balaban J connectivity index is 1.18. The molecule has 4 heterocycles. The van der Waals surface area contributed by atoms with Crippen LogP contribution in [-0.2, 0) is 4.79 Å². The van der Waals surface area contributed by atoms with Gasteiger partial charge in [0, 0.05) is 25.6 Å². The smallest absolute Gasteiger partial charge is 0.223 e. The van der Waals surface area contributed by atoms with Crippen LogP contribution in [0.2, 0.25) is 0 Å². The van der Waals surface area contributed by atoms with Gasteiger partial charge in [-0.15, -0.1) is 15.3 Å². The molecule has 3 aromatic rings. The van der Waals surface area contributed by atoms with Crippen LogP contribution in [0.25, 0.3) is 5.65 Å². The SMILES string of the molecule is Cc1ccc(C(CNC(=O)C2CCN(c3ccc4nncn4n3)CC2)N2CCCC2)cc1. The summed E-state index contributed by atoms with van der Waals surface area (Å²) in [6, 6.07) is 12.9. The molecular formula is C24H31N7O. The monoisotopic (exact) mass is 433 g/mol. The van der Waals surface area contributed by atoms with Crippen molar-refractivity contribution in [2.24, 2.45) is 5.92 Å². The third-order valence-electron chi connectivity index (χ3n) is 6.85. The van der Waals surface area contributed by atoms with Gasteiger partial charge in [0.25, 0.3) is 0 Å². The normalized spacial score (nSPS) is 18.8. The molecule has 0 saturated carbocycles. The lowest BCUT2D eigenvalue weighted by Crippen LogP contribution is -2.43. The first-order valence-electron chi connectivity index (χ1n) is 11.7. The summed E-state index contributed by atoms with van der Waals surface area (Å²) in [4.78, 5) is 17.8. The quantitative estimate of drug-likeness (QED) is 0.644. The van der Waals surface area contributed by atoms with Gasteiger partial charge in [-0.2, -0.15) is 4.52 Å². The molecule has 1 amide bonds. The molecule has 0 radical (unpaired) electrons. The topological polar surface area (TPSA) is 78.7 Å². The van der Waals surface area contributed by atoms with E-state index in [-0.39, 0.29) is 17.9 Å². The van der Waals surface area contributed by atoms with E-state index in [9.17, 15) is 4.79 Å². The van der Waals surface area contributed by atoms with Crippen molar-refractivity contribution in [2.45, 2.75) is 38.6 Å². The highest BCUT2D eigenvalue weighted by Crippen LogP contribution is 2.26. The second-order valence-corrected chi connectivity index (χ2v) is 9.00. The minimum Gasteiger partial charge on any atom is -0.355 e. The van der Waals surface area contributed by atoms with Crippen molar-refractivity contribution in [3.63, 3.8) is 0 Å². The van der Waals surface area contributed by atoms with Gasteiger partial charge in [0.15, 0.2) is 5.65 Å². The predicted molar refractivity (Wildman–Crippen MR) is 123 cm³/mol. The molecule has 168 valence electrons. The zero-order valence-electron chi connectivity index (χ0n) is 18.7. The zero-order valence-corrected chi connectivity index (χ0v) is 18.7. The number of carbonyl (C=O) groups is 1. The Morgan fingerprint density at radius 3 is 2.56 bits per heavy atom. The summed E-state index contributed by atoms with van der Waals surface area (Å²) in [6.45, 7) is 6.66. The van der Waals surface area contributed by atoms with Crippen LogP contribution < -0.4 is 10.2 Å². The number of anilines is 1. The Morgan fingerprint density at radius 2 is 1.81 bits per heavy atom. The van der Waals surface area contributed by atoms with Crippen LogP contribution >= 0.6 is 0 Å². The van der Waals surface area contributed by atoms with E-state index in [1.54, 1.807) is 10.8 Å². The first-order valence-corrected chi connectivity index (χ1v) is 11.7. The summed E-state index contributed by atoms with van der Waals surface area (Å²) < 4.78 is 1.69. The third-order valence-corrected chi connectivity index (χ3v) is 6.85. The molecule has 8 heteroatoms. The minimum absolute atomic E-state index is 0.0575. The standard InChI is InChI=1S/C24H31N7O/c1-18-4-6-19(7-5-18)21(29-12-2-3-13-29)16-25-24(32)20-10-14-30(15-11-20)23-9-8-22-27-26-17-31(22)28-23/h4-9,17,20-21H,2-3,10-16H2,1H3,(H,25,32). The Bertz CT molecular complexity index is 1050. The lowest BCUT2D eigenvalue weighted by atomic mass is 9.95. The molecule has 1 N–H and O–H groups in total. The van der Waals surface area contributed by atoms with E-state index in [1.165, 1.54) is 24.0 Å². The minimum atomic E-state index is 0.0575. The second kappa shape index (κ2) is 9.24. The number of hydrogen-bond acceptors (Lipinski definition) is 6. The number of rotatable bonds is 6. The number of likely N-dealkylation sites (tertiary alicyclic amines) is 1. The molecule has 2 fully saturated rings. The van der Waals surface area contributed by atoms with Gasteiger partial charge in [-0.25, -0.2) is 0 Å². The van der Waals surface area contributed by atoms with Crippen molar-refractivity contribution in [2.75, 3.05) is 37.6 Å². The average Bonchev–Trinajstić information content (AvgIpc) is 3.52. The first kappa shape index (κ1) is 20.9. The fraction of sp³-hybridized carbons (Fsp3) is 0.500. The van der Waals surface area contributed by atoms with E-state index in [0.29, 0.717) is 6.54 Å². The molecule has 2 saturated heterocycles. The van der Waals surface area contributed by atoms with Gasteiger partial charge in [0.05, 0.1) is 6.04 Å². The predicted octanol–water partition coefficient (Wildman–Crippen LogP) is 2.60. The highest BCUT2D eigenvalue weighted by molar-refractivity contribution is 5.79. The number of hydrogen-bond donors (Lipinski definition) is 1. The lowest BCUT2D eigenvalue weighted by Gasteiger charge is -2.33. The molecule has 2 aromatic heterocycles. The van der Waals surface area contributed by atoms with E-state index < -0.39 is 0 Å². The van der Waals surface area contributed by atoms with Gasteiger partial charge in [-0.1, -0.05) is 29.8 Å². The molecule has 1 atom stereocenters. The van der Waals surface area contributed by atoms with Crippen LogP contribution in [0.1, 0.15) is 42.9 Å². The molecule has 8 nitrogen and oxygen atoms in total. The summed E-state index contributed by atoms with van der Waals surface area (Å²) >= 11 is 0. The Hall–Kier alpha value is -3.00. The molecule has 32 heavy (non-hydrogen) atoms. The highest BCUT2D eigenvalue weighted by Gasteiger charge is 2.28. The second-order valence-electron chi connectivity index (χ2n) is 9.00. The molecule has 0 aliphatic carbocycles. The number of amides is 1. The Morgan fingerprint density at radius 1 is 1.06 bits per heavy atom. The van der Waals surface area contributed by atoms with Crippen LogP contribution in [0.3, 0.4) is 0 Å². The highest BCUT2D eigenvalue weighted by atomic mass is 16.1. The molecule has 2 aliphatic rings. The van der Waals surface area contributed by atoms with Gasteiger partial charge >= 0.3 is 0 Å². The maximum absolute atomic E-state index is 13.0. The van der Waals surface area contributed by atoms with Crippen LogP contribution in [0.5, 0.6) is 0 Å². The lowest BCUT2D eigenvalue weighted by molar-refractivity contribution is -0.125. The fourth-order valence-electron chi connectivity index (χ4n) is 4.90. The molecule has 1 unspecified atom stereocenters. The molecule has 0 bridgehead atoms. The Kier molecular flexibility index (Phi) is 6.03. The van der Waals surface area contributed by atoms with Crippen LogP contribution in [-0.4, -0.2) is 63.3 Å². The number of aromatic nitrogens is 4. The maximum Gasteiger partial charge on any atom is 0.223 e. The van der Waals surface area contributed by atoms with Gasteiger partial charge in [-0.3, -0.25) is 9.69 Å². The van der Waals surface area contributed by atoms with Crippen molar-refractivity contribution in [1.82, 2.24) is 30.0 Å². The zero-order chi connectivity index (χ0) is 21.9. The van der Waals surface area contributed by atoms with E-state index >= 15 is 0 Å². The molecule has 2 aliphatic heterocycles. The van der Waals surface area contributed by atoms with Crippen LogP contribution in [0.15, 0.2) is 42.7 Å². The number of nitrogens with one attached hydrogen (secondary N) is 1. The summed E-state index contributed by atoms with van der Waals surface area (Å²) in [6.07, 6.45) is 5.77. The van der Waals surface area contributed by atoms with Gasteiger partial charge in [0.1, 0.15) is 12.1 Å². The van der Waals surface area contributed by atoms with Crippen molar-refractivity contribution in [3.8, 4) is 0 Å². The molecule has 0 spiro atoms. The number of benzene rings is 1. The van der Waals surface area contributed by atoms with Crippen molar-refractivity contribution < 1.29 is 4.79 Å². The van der Waals surface area contributed by atoms with E-state index in [4.69, 9.17) is 0 Å². The third kappa shape index (κ3) is 4.46. The van der Waals surface area contributed by atoms with Crippen LogP contribution in [0, 0.1) is 12.8 Å². The molecule has 1 aromatic carbocycles. The Labute approximate surface area is 188 Å². The number of piperidine rings is 1. The first-order chi connectivity index (χ1) is 15.7. The van der Waals surface area contributed by atoms with Crippen molar-refractivity contribution >= 4 is 17.4 Å². The summed E-state index contributed by atoms with van der Waals surface area (Å²) in [5.41, 5.74) is 3.30. The summed E-state index contributed by atoms with van der Waals surface area (Å²) in [5, 5.41) is 15.8. The molecule has 5 rings (SSSR count). The van der Waals surface area contributed by atoms with Gasteiger partial charge < -0.3 is 10.2 Å². The largest absolute Gasteiger partial charge is 0.355 e. The van der Waals surface area contributed by atoms with Crippen molar-refractivity contribution in [3.05, 3.63) is 53.9 Å². The van der Waals surface area contributed by atoms with Crippen molar-refractivity contribution in [1.29, 1.82) is 0 Å².